The van der Waals surface area contributed by atoms with Crippen molar-refractivity contribution in [3.05, 3.63) is 0 Å². The van der Waals surface area contributed by atoms with Gasteiger partial charge in [0.25, 0.3) is 0 Å². The highest BCUT2D eigenvalue weighted by Gasteiger charge is 2.01. The lowest BCUT2D eigenvalue weighted by Crippen LogP contribution is -2.13. The van der Waals surface area contributed by atoms with Gasteiger partial charge in [0.05, 0.1) is 7.85 Å². The molecule has 1 unspecified atom stereocenters. The first kappa shape index (κ1) is 13.0. The van der Waals surface area contributed by atoms with Crippen LogP contribution in [0.2, 0.25) is 6.32 Å². The van der Waals surface area contributed by atoms with Gasteiger partial charge in [-0.1, -0.05) is 32.5 Å². The van der Waals surface area contributed by atoms with E-state index in [1.807, 2.05) is 0 Å². The van der Waals surface area contributed by atoms with Gasteiger partial charge in [0.2, 0.25) is 0 Å². The van der Waals surface area contributed by atoms with E-state index in [2.05, 4.69) is 25.9 Å². The Morgan fingerprint density at radius 3 is 2.23 bits per heavy atom. The Hall–Kier alpha value is 0.0249. The quantitative estimate of drug-likeness (QED) is 0.411. The summed E-state index contributed by atoms with van der Waals surface area (Å²) in [4.78, 5) is 2.26. The van der Waals surface area contributed by atoms with Gasteiger partial charge < -0.3 is 4.90 Å². The highest BCUT2D eigenvalue weighted by atomic mass is 15.0. The van der Waals surface area contributed by atoms with E-state index >= 15 is 0 Å². The Balaban J connectivity index is 3.15. The Morgan fingerprint density at radius 1 is 1.08 bits per heavy atom. The Labute approximate surface area is 85.3 Å². The van der Waals surface area contributed by atoms with Crippen molar-refractivity contribution in [3.8, 4) is 0 Å². The summed E-state index contributed by atoms with van der Waals surface area (Å²) in [6.07, 6.45) is 7.40. The van der Waals surface area contributed by atoms with E-state index in [-0.39, 0.29) is 0 Å². The molecule has 0 aromatic carbocycles. The Kier molecular flexibility index (Phi) is 8.63. The SMILES string of the molecule is [B]CCCCC(C)CCCN(C)C. The largest absolute Gasteiger partial charge is 0.309 e. The average molecular weight is 181 g/mol. The van der Waals surface area contributed by atoms with Gasteiger partial charge in [-0.25, -0.2) is 0 Å². The molecule has 0 fully saturated rings. The molecule has 2 radical (unpaired) electrons. The molecule has 0 saturated heterocycles. The molecular weight excluding hydrogens is 157 g/mol. The summed E-state index contributed by atoms with van der Waals surface area (Å²) in [7, 11) is 9.72. The Bertz CT molecular complexity index is 104. The van der Waals surface area contributed by atoms with Crippen molar-refractivity contribution < 1.29 is 0 Å². The minimum atomic E-state index is 0.852. The van der Waals surface area contributed by atoms with Crippen LogP contribution in [0.3, 0.4) is 0 Å². The maximum Gasteiger partial charge on any atom is 0.0653 e. The second-order valence-corrected chi connectivity index (χ2v) is 4.34. The van der Waals surface area contributed by atoms with Crippen molar-refractivity contribution in [1.82, 2.24) is 4.90 Å². The number of nitrogens with zero attached hydrogens (tertiary/aromatic N) is 1. The monoisotopic (exact) mass is 181 g/mol. The lowest BCUT2D eigenvalue weighted by molar-refractivity contribution is 0.363. The maximum atomic E-state index is 5.45. The van der Waals surface area contributed by atoms with Gasteiger partial charge in [0.15, 0.2) is 0 Å². The van der Waals surface area contributed by atoms with Crippen molar-refractivity contribution in [2.45, 2.75) is 45.3 Å². The zero-order valence-corrected chi connectivity index (χ0v) is 9.55. The first-order valence-corrected chi connectivity index (χ1v) is 5.51. The summed E-state index contributed by atoms with van der Waals surface area (Å²) in [5, 5.41) is 0. The fraction of sp³-hybridized carbons (Fsp3) is 1.00. The highest BCUT2D eigenvalue weighted by molar-refractivity contribution is 6.08. The molecule has 1 atom stereocenters. The summed E-state index contributed by atoms with van der Waals surface area (Å²) in [5.41, 5.74) is 0. The normalized spacial score (nSPS) is 13.5. The minimum absolute atomic E-state index is 0.852. The van der Waals surface area contributed by atoms with Crippen LogP contribution >= 0.6 is 0 Å². The third-order valence-electron chi connectivity index (χ3n) is 2.45. The van der Waals surface area contributed by atoms with Gasteiger partial charge in [-0.05, 0) is 39.4 Å². The molecule has 0 N–H and O–H groups in total. The van der Waals surface area contributed by atoms with Gasteiger partial charge in [-0.2, -0.15) is 0 Å². The molecule has 0 aliphatic heterocycles. The molecule has 13 heavy (non-hydrogen) atoms. The van der Waals surface area contributed by atoms with E-state index in [0.717, 1.165) is 12.2 Å². The third kappa shape index (κ3) is 9.94. The van der Waals surface area contributed by atoms with E-state index < -0.39 is 0 Å². The maximum absolute atomic E-state index is 5.45. The van der Waals surface area contributed by atoms with E-state index in [1.54, 1.807) is 0 Å². The second-order valence-electron chi connectivity index (χ2n) is 4.34. The summed E-state index contributed by atoms with van der Waals surface area (Å²) >= 11 is 0. The molecule has 0 saturated carbocycles. The van der Waals surface area contributed by atoms with Crippen LogP contribution in [-0.2, 0) is 0 Å². The molecule has 0 aliphatic carbocycles. The summed E-state index contributed by atoms with van der Waals surface area (Å²) in [6, 6.07) is 0. The second kappa shape index (κ2) is 8.62. The summed E-state index contributed by atoms with van der Waals surface area (Å²) < 4.78 is 0. The molecule has 0 rings (SSSR count). The minimum Gasteiger partial charge on any atom is -0.309 e. The fourth-order valence-electron chi connectivity index (χ4n) is 1.54. The lowest BCUT2D eigenvalue weighted by atomic mass is 9.94. The van der Waals surface area contributed by atoms with Gasteiger partial charge >= 0.3 is 0 Å². The number of hydrogen-bond acceptors (Lipinski definition) is 1. The van der Waals surface area contributed by atoms with Crippen LogP contribution in [0.25, 0.3) is 0 Å². The predicted molar refractivity (Wildman–Crippen MR) is 61.4 cm³/mol. The highest BCUT2D eigenvalue weighted by Crippen LogP contribution is 2.14. The molecule has 2 heteroatoms. The van der Waals surface area contributed by atoms with Gasteiger partial charge in [0, 0.05) is 0 Å². The zero-order valence-electron chi connectivity index (χ0n) is 9.55. The van der Waals surface area contributed by atoms with Crippen LogP contribution in [0.15, 0.2) is 0 Å². The molecule has 1 nitrogen and oxygen atoms in total. The summed E-state index contributed by atoms with van der Waals surface area (Å²) in [6.45, 7) is 3.58. The lowest BCUT2D eigenvalue weighted by Gasteiger charge is -2.13. The van der Waals surface area contributed by atoms with E-state index in [0.29, 0.717) is 0 Å². The van der Waals surface area contributed by atoms with Crippen molar-refractivity contribution in [2.24, 2.45) is 5.92 Å². The van der Waals surface area contributed by atoms with E-state index in [4.69, 9.17) is 7.85 Å². The van der Waals surface area contributed by atoms with Crippen LogP contribution in [0.4, 0.5) is 0 Å². The molecule has 0 aliphatic rings. The Morgan fingerprint density at radius 2 is 1.69 bits per heavy atom. The first-order valence-electron chi connectivity index (χ1n) is 5.51. The molecule has 0 heterocycles. The van der Waals surface area contributed by atoms with E-state index in [1.165, 1.54) is 38.6 Å². The fourth-order valence-corrected chi connectivity index (χ4v) is 1.54. The van der Waals surface area contributed by atoms with Crippen LogP contribution < -0.4 is 0 Å². The third-order valence-corrected chi connectivity index (χ3v) is 2.45. The predicted octanol–water partition coefficient (Wildman–Crippen LogP) is 2.72. The van der Waals surface area contributed by atoms with Crippen molar-refractivity contribution in [2.75, 3.05) is 20.6 Å². The molecule has 0 bridgehead atoms. The number of hydrogen-bond donors (Lipinski definition) is 0. The zero-order chi connectivity index (χ0) is 10.1. The van der Waals surface area contributed by atoms with Gasteiger partial charge in [-0.15, -0.1) is 0 Å². The molecular formula is C11H24BN. The molecule has 0 spiro atoms. The first-order chi connectivity index (χ1) is 6.16. The number of rotatable bonds is 8. The van der Waals surface area contributed by atoms with Crippen LogP contribution in [0.5, 0.6) is 0 Å². The molecule has 0 amide bonds. The van der Waals surface area contributed by atoms with Crippen LogP contribution in [0, 0.1) is 5.92 Å². The molecule has 0 aromatic heterocycles. The van der Waals surface area contributed by atoms with Crippen molar-refractivity contribution >= 4 is 7.85 Å². The van der Waals surface area contributed by atoms with Crippen LogP contribution in [-0.4, -0.2) is 33.4 Å². The molecule has 76 valence electrons. The van der Waals surface area contributed by atoms with E-state index in [9.17, 15) is 0 Å². The smallest absolute Gasteiger partial charge is 0.0653 e. The standard InChI is InChI=1S/C11H24BN/c1-11(7-4-5-9-12)8-6-10-13(2)3/h11H,4-10H2,1-3H3. The van der Waals surface area contributed by atoms with Crippen molar-refractivity contribution in [1.29, 1.82) is 0 Å². The van der Waals surface area contributed by atoms with Crippen molar-refractivity contribution in [3.63, 3.8) is 0 Å². The number of unbranched alkanes of at least 4 members (excludes halogenated alkanes) is 1. The van der Waals surface area contributed by atoms with Crippen LogP contribution in [0.1, 0.15) is 39.0 Å². The summed E-state index contributed by atoms with van der Waals surface area (Å²) in [5.74, 6) is 0.881. The van der Waals surface area contributed by atoms with Gasteiger partial charge in [0.1, 0.15) is 0 Å². The molecule has 0 aromatic rings. The average Bonchev–Trinajstić information content (AvgIpc) is 2.04. The van der Waals surface area contributed by atoms with Gasteiger partial charge in [-0.3, -0.25) is 0 Å². The topological polar surface area (TPSA) is 3.24 Å².